The van der Waals surface area contributed by atoms with Gasteiger partial charge in [-0.2, -0.15) is 0 Å². The van der Waals surface area contributed by atoms with Gasteiger partial charge in [-0.25, -0.2) is 8.42 Å². The molecule has 0 saturated carbocycles. The number of hydrogen-bond acceptors (Lipinski definition) is 6. The second-order valence-electron chi connectivity index (χ2n) is 8.98. The topological polar surface area (TPSA) is 118 Å². The van der Waals surface area contributed by atoms with Crippen molar-refractivity contribution in [2.75, 3.05) is 12.4 Å². The molecule has 1 rings (SSSR count). The van der Waals surface area contributed by atoms with Crippen molar-refractivity contribution in [3.8, 4) is 0 Å². The van der Waals surface area contributed by atoms with Crippen molar-refractivity contribution >= 4 is 16.0 Å². The van der Waals surface area contributed by atoms with Gasteiger partial charge >= 0.3 is 0 Å². The molecule has 0 aromatic carbocycles. The first-order valence-corrected chi connectivity index (χ1v) is 12.3. The molecule has 1 aromatic rings. The van der Waals surface area contributed by atoms with E-state index in [1.807, 2.05) is 0 Å². The maximum atomic E-state index is 10.7. The minimum atomic E-state index is -4.20. The average molecular weight is 441 g/mol. The lowest BCUT2D eigenvalue weighted by atomic mass is 9.82. The van der Waals surface area contributed by atoms with Crippen LogP contribution >= 0.6 is 0 Å². The Bertz CT molecular complexity index is 806. The van der Waals surface area contributed by atoms with Gasteiger partial charge in [-0.05, 0) is 47.6 Å². The molecule has 0 fully saturated rings. The van der Waals surface area contributed by atoms with Crippen LogP contribution in [0, 0.1) is 0 Å². The molecule has 0 saturated heterocycles. The third-order valence-electron chi connectivity index (χ3n) is 4.88. The average Bonchev–Trinajstić information content (AvgIpc) is 2.60. The summed E-state index contributed by atoms with van der Waals surface area (Å²) in [6, 6.07) is 0. The van der Waals surface area contributed by atoms with Crippen molar-refractivity contribution in [3.05, 3.63) is 28.1 Å². The number of pyridine rings is 1. The van der Waals surface area contributed by atoms with Crippen LogP contribution in [-0.2, 0) is 15.0 Å². The maximum Gasteiger partial charge on any atom is 0.170 e. The van der Waals surface area contributed by atoms with Gasteiger partial charge in [-0.3, -0.25) is 4.98 Å². The molecule has 30 heavy (non-hydrogen) atoms. The van der Waals surface area contributed by atoms with Gasteiger partial charge in [0.1, 0.15) is 6.61 Å². The number of hydrogen-bond donors (Lipinski definition) is 1. The molecule has 0 unspecified atom stereocenters. The molecule has 172 valence electrons. The highest BCUT2D eigenvalue weighted by molar-refractivity contribution is 7.85. The number of rotatable bonds is 11. The van der Waals surface area contributed by atoms with E-state index in [4.69, 9.17) is 15.6 Å². The molecule has 0 bridgehead atoms. The smallest absolute Gasteiger partial charge is 0.170 e. The highest BCUT2D eigenvalue weighted by Gasteiger charge is 2.27. The molecule has 0 amide bonds. The first-order chi connectivity index (χ1) is 13.8. The zero-order chi connectivity index (χ0) is 23.2. The Hall–Kier alpha value is -1.67. The Morgan fingerprint density at radius 1 is 0.933 bits per heavy atom. The van der Waals surface area contributed by atoms with Crippen LogP contribution in [0.1, 0.15) is 120 Å². The van der Waals surface area contributed by atoms with Crippen LogP contribution in [-0.4, -0.2) is 36.1 Å². The van der Waals surface area contributed by atoms with E-state index >= 15 is 0 Å². The van der Waals surface area contributed by atoms with Gasteiger partial charge in [-0.15, -0.1) is 0 Å². The summed E-state index contributed by atoms with van der Waals surface area (Å²) in [6.45, 7) is 17.2. The van der Waals surface area contributed by atoms with Crippen LogP contribution in [0.15, 0.2) is 5.16 Å². The second-order valence-corrected chi connectivity index (χ2v) is 10.5. The Morgan fingerprint density at radius 2 is 1.40 bits per heavy atom. The molecule has 7 nitrogen and oxygen atoms in total. The number of aromatic nitrogens is 1. The van der Waals surface area contributed by atoms with Crippen molar-refractivity contribution in [1.82, 2.24) is 4.98 Å². The summed E-state index contributed by atoms with van der Waals surface area (Å²) >= 11 is 0. The number of nitrogens with zero attached hydrogens (tertiary/aromatic N) is 2. The van der Waals surface area contributed by atoms with Gasteiger partial charge in [0.2, 0.25) is 0 Å². The van der Waals surface area contributed by atoms with Gasteiger partial charge in [0, 0.05) is 22.7 Å². The van der Waals surface area contributed by atoms with E-state index in [0.717, 1.165) is 28.1 Å². The van der Waals surface area contributed by atoms with Gasteiger partial charge < -0.3 is 15.1 Å². The lowest BCUT2D eigenvalue weighted by Gasteiger charge is -2.27. The van der Waals surface area contributed by atoms with Crippen LogP contribution in [0.2, 0.25) is 0 Å². The lowest BCUT2D eigenvalue weighted by Crippen LogP contribution is -2.24. The fourth-order valence-electron chi connectivity index (χ4n) is 3.58. The van der Waals surface area contributed by atoms with E-state index in [9.17, 15) is 13.0 Å². The molecular formula is C22H38N3O4S-. The summed E-state index contributed by atoms with van der Waals surface area (Å²) in [5, 5.41) is 4.15. The van der Waals surface area contributed by atoms with Gasteiger partial charge in [0.05, 0.1) is 10.1 Å². The van der Waals surface area contributed by atoms with E-state index in [-0.39, 0.29) is 36.7 Å². The quantitative estimate of drug-likeness (QED) is 0.177. The van der Waals surface area contributed by atoms with Gasteiger partial charge in [0.25, 0.3) is 0 Å². The zero-order valence-corrected chi connectivity index (χ0v) is 20.5. The maximum absolute atomic E-state index is 10.7. The molecule has 2 N–H and O–H groups in total. The SMILES string of the molecule is CC(C)c1nc(C(C)C)c(C(C)C)c(/C(N)=N/OCCCCS(=O)(=O)[O-])c1C(C)C. The Labute approximate surface area is 182 Å². The predicted molar refractivity (Wildman–Crippen MR) is 121 cm³/mol. The van der Waals surface area contributed by atoms with Crippen molar-refractivity contribution in [3.63, 3.8) is 0 Å². The van der Waals surface area contributed by atoms with E-state index in [1.165, 1.54) is 0 Å². The third-order valence-corrected chi connectivity index (χ3v) is 5.67. The first-order valence-electron chi connectivity index (χ1n) is 10.7. The minimum Gasteiger partial charge on any atom is -0.748 e. The molecule has 0 aliphatic rings. The lowest BCUT2D eigenvalue weighted by molar-refractivity contribution is 0.141. The molecule has 0 radical (unpaired) electrons. The van der Waals surface area contributed by atoms with Gasteiger partial charge in [0.15, 0.2) is 5.84 Å². The molecule has 1 aromatic heterocycles. The van der Waals surface area contributed by atoms with E-state index < -0.39 is 15.9 Å². The summed E-state index contributed by atoms with van der Waals surface area (Å²) in [6.07, 6.45) is 0.650. The first kappa shape index (κ1) is 26.4. The molecule has 0 spiro atoms. The second kappa shape index (κ2) is 11.1. The Morgan fingerprint density at radius 3 is 1.77 bits per heavy atom. The van der Waals surface area contributed by atoms with Crippen LogP contribution in [0.25, 0.3) is 0 Å². The van der Waals surface area contributed by atoms with E-state index in [0.29, 0.717) is 12.3 Å². The van der Waals surface area contributed by atoms with Crippen LogP contribution in [0.3, 0.4) is 0 Å². The largest absolute Gasteiger partial charge is 0.748 e. The van der Waals surface area contributed by atoms with Crippen molar-refractivity contribution in [2.24, 2.45) is 10.9 Å². The molecule has 0 aliphatic carbocycles. The van der Waals surface area contributed by atoms with Crippen LogP contribution in [0.5, 0.6) is 0 Å². The highest BCUT2D eigenvalue weighted by atomic mass is 32.2. The standard InChI is InChI=1S/C22H39N3O4S/c1-13(2)17-19(22(23)25-29-11-9-10-12-30(26,27)28)18(14(3)4)21(16(7)8)24-20(17)15(5)6/h13-16H,9-12H2,1-8H3,(H2,23,25)(H,26,27,28)/p-1. The molecule has 1 heterocycles. The van der Waals surface area contributed by atoms with Crippen molar-refractivity contribution in [1.29, 1.82) is 0 Å². The number of unbranched alkanes of at least 4 members (excludes halogenated alkanes) is 1. The number of nitrogens with two attached hydrogens (primary N) is 1. The molecule has 0 atom stereocenters. The molecular weight excluding hydrogens is 402 g/mol. The fourth-order valence-corrected chi connectivity index (χ4v) is 4.14. The summed E-state index contributed by atoms with van der Waals surface area (Å²) in [4.78, 5) is 10.4. The molecule has 0 aliphatic heterocycles. The monoisotopic (exact) mass is 440 g/mol. The van der Waals surface area contributed by atoms with E-state index in [1.54, 1.807) is 0 Å². The fraction of sp³-hybridized carbons (Fsp3) is 0.727. The highest BCUT2D eigenvalue weighted by Crippen LogP contribution is 2.37. The number of oxime groups is 1. The molecule has 8 heteroatoms. The van der Waals surface area contributed by atoms with E-state index in [2.05, 4.69) is 60.5 Å². The van der Waals surface area contributed by atoms with Crippen molar-refractivity contribution in [2.45, 2.75) is 91.9 Å². The minimum absolute atomic E-state index is 0.198. The van der Waals surface area contributed by atoms with Crippen LogP contribution in [0.4, 0.5) is 0 Å². The van der Waals surface area contributed by atoms with Gasteiger partial charge in [-0.1, -0.05) is 60.5 Å². The number of amidine groups is 1. The summed E-state index contributed by atoms with van der Waals surface area (Å²) < 4.78 is 32.1. The summed E-state index contributed by atoms with van der Waals surface area (Å²) in [5.74, 6) is 0.805. The van der Waals surface area contributed by atoms with Crippen LogP contribution < -0.4 is 5.73 Å². The van der Waals surface area contributed by atoms with Crippen molar-refractivity contribution < 1.29 is 17.8 Å². The zero-order valence-electron chi connectivity index (χ0n) is 19.7. The third kappa shape index (κ3) is 7.23. The predicted octanol–water partition coefficient (Wildman–Crippen LogP) is 4.54. The summed E-state index contributed by atoms with van der Waals surface area (Å²) in [5.41, 5.74) is 11.6. The Kier molecular flexibility index (Phi) is 9.75. The summed E-state index contributed by atoms with van der Waals surface area (Å²) in [7, 11) is -4.20. The normalized spacial score (nSPS) is 13.2. The Balaban J connectivity index is 3.39.